The molecule has 0 aromatic heterocycles. The van der Waals surface area contributed by atoms with Crippen LogP contribution in [0.2, 0.25) is 0 Å². The first kappa shape index (κ1) is 21.2. The van der Waals surface area contributed by atoms with Gasteiger partial charge in [-0.3, -0.25) is 4.79 Å². The molecule has 2 aliphatic carbocycles. The number of hydrogen-bond donors (Lipinski definition) is 2. The van der Waals surface area contributed by atoms with Gasteiger partial charge in [0, 0.05) is 18.5 Å². The molecule has 2 saturated carbocycles. The Morgan fingerprint density at radius 1 is 1.23 bits per heavy atom. The van der Waals surface area contributed by atoms with E-state index in [1.54, 1.807) is 0 Å². The van der Waals surface area contributed by atoms with Crippen LogP contribution in [0.25, 0.3) is 0 Å². The van der Waals surface area contributed by atoms with Gasteiger partial charge in [-0.05, 0) is 56.9 Å². The molecule has 146 valence electrons. The summed E-state index contributed by atoms with van der Waals surface area (Å²) in [5.74, 6) is 1.29. The number of nitrogens with two attached hydrogens (primary N) is 1. The predicted octanol–water partition coefficient (Wildman–Crippen LogP) is 3.45. The van der Waals surface area contributed by atoms with E-state index in [-0.39, 0.29) is 30.3 Å². The zero-order valence-corrected chi connectivity index (χ0v) is 16.8. The fourth-order valence-corrected chi connectivity index (χ4v) is 4.73. The maximum atomic E-state index is 13.1. The largest absolute Gasteiger partial charge is 0.387 e. The fourth-order valence-electron chi connectivity index (χ4n) is 4.73. The molecule has 4 nitrogen and oxygen atoms in total. The van der Waals surface area contributed by atoms with Crippen molar-refractivity contribution in [2.24, 2.45) is 23.5 Å². The number of aryl methyl sites for hydroxylation is 1. The summed E-state index contributed by atoms with van der Waals surface area (Å²) in [6, 6.07) is 8.18. The molecule has 0 heterocycles. The number of likely N-dealkylation sites (N-methyl/N-ethyl adjacent to an activating group) is 1. The molecule has 3 unspecified atom stereocenters. The Bertz CT molecular complexity index is 578. The smallest absolute Gasteiger partial charge is 0.225 e. The molecule has 0 saturated heterocycles. The number of rotatable bonds is 5. The first-order valence-corrected chi connectivity index (χ1v) is 9.78. The molecular formula is C21H33ClN2O2. The zero-order chi connectivity index (χ0) is 18.0. The summed E-state index contributed by atoms with van der Waals surface area (Å²) in [5, 5.41) is 10.5. The second kappa shape index (κ2) is 9.20. The predicted molar refractivity (Wildman–Crippen MR) is 107 cm³/mol. The van der Waals surface area contributed by atoms with Crippen LogP contribution in [0.5, 0.6) is 0 Å². The molecule has 2 aliphatic rings. The van der Waals surface area contributed by atoms with Gasteiger partial charge in [0.25, 0.3) is 0 Å². The quantitative estimate of drug-likeness (QED) is 0.822. The molecule has 0 radical (unpaired) electrons. The lowest BCUT2D eigenvalue weighted by Gasteiger charge is -2.44. The third kappa shape index (κ3) is 4.59. The van der Waals surface area contributed by atoms with E-state index in [0.29, 0.717) is 24.9 Å². The molecule has 2 fully saturated rings. The number of fused-ring (bicyclic) bond motifs is 2. The summed E-state index contributed by atoms with van der Waals surface area (Å²) < 4.78 is 0. The summed E-state index contributed by atoms with van der Waals surface area (Å²) in [5.41, 5.74) is 8.40. The molecule has 1 amide bonds. The number of carbonyl (C=O) groups excluding carboxylic acids is 1. The Morgan fingerprint density at radius 3 is 2.35 bits per heavy atom. The third-order valence-electron chi connectivity index (χ3n) is 6.31. The van der Waals surface area contributed by atoms with Crippen LogP contribution >= 0.6 is 12.4 Å². The molecule has 3 atom stereocenters. The van der Waals surface area contributed by atoms with Gasteiger partial charge in [-0.2, -0.15) is 0 Å². The van der Waals surface area contributed by atoms with E-state index < -0.39 is 6.10 Å². The van der Waals surface area contributed by atoms with Crippen molar-refractivity contribution in [3.63, 3.8) is 0 Å². The van der Waals surface area contributed by atoms with E-state index in [1.165, 1.54) is 24.8 Å². The second-order valence-electron chi connectivity index (χ2n) is 8.00. The number of halogens is 1. The van der Waals surface area contributed by atoms with Crippen LogP contribution in [0.15, 0.2) is 24.3 Å². The lowest BCUT2D eigenvalue weighted by Crippen LogP contribution is -2.50. The number of hydrogen-bond acceptors (Lipinski definition) is 3. The molecule has 3 N–H and O–H groups in total. The second-order valence-corrected chi connectivity index (χ2v) is 8.00. The van der Waals surface area contributed by atoms with Crippen molar-refractivity contribution in [2.45, 2.75) is 58.1 Å². The van der Waals surface area contributed by atoms with E-state index in [4.69, 9.17) is 5.73 Å². The highest BCUT2D eigenvalue weighted by atomic mass is 35.5. The van der Waals surface area contributed by atoms with Crippen LogP contribution in [0.3, 0.4) is 0 Å². The fraction of sp³-hybridized carbons (Fsp3) is 0.667. The molecule has 1 aromatic carbocycles. The topological polar surface area (TPSA) is 66.6 Å². The molecule has 3 rings (SSSR count). The highest BCUT2D eigenvalue weighted by molar-refractivity contribution is 5.85. The Kier molecular flexibility index (Phi) is 7.51. The van der Waals surface area contributed by atoms with Crippen LogP contribution < -0.4 is 5.73 Å². The molecular weight excluding hydrogens is 348 g/mol. The molecule has 0 spiro atoms. The first-order chi connectivity index (χ1) is 12.0. The standard InChI is InChI=1S/C21H32N2O2.ClH/c1-3-23(13-19(24)15-9-7-14(2)8-10-15)21(25)18-11-16-5-4-6-17(12-18)20(16)22;/h7-10,16-20,24H,3-6,11-13,22H2,1-2H3;1H. The summed E-state index contributed by atoms with van der Waals surface area (Å²) >= 11 is 0. The number of aliphatic hydroxyl groups is 1. The van der Waals surface area contributed by atoms with Crippen LogP contribution in [0.1, 0.15) is 56.3 Å². The number of nitrogens with zero attached hydrogens (tertiary/aromatic N) is 1. The average Bonchev–Trinajstić information content (AvgIpc) is 2.59. The lowest BCUT2D eigenvalue weighted by atomic mass is 9.65. The van der Waals surface area contributed by atoms with Crippen LogP contribution in [-0.4, -0.2) is 35.0 Å². The van der Waals surface area contributed by atoms with Crippen molar-refractivity contribution in [3.8, 4) is 0 Å². The van der Waals surface area contributed by atoms with Gasteiger partial charge < -0.3 is 15.7 Å². The molecule has 0 aliphatic heterocycles. The Balaban J connectivity index is 0.00000243. The number of amides is 1. The number of aliphatic hydroxyl groups excluding tert-OH is 1. The summed E-state index contributed by atoms with van der Waals surface area (Å²) in [6.07, 6.45) is 4.81. The highest BCUT2D eigenvalue weighted by Crippen LogP contribution is 2.42. The SMILES string of the molecule is CCN(CC(O)c1ccc(C)cc1)C(=O)C1CC2CCCC(C1)C2N.Cl. The first-order valence-electron chi connectivity index (χ1n) is 9.78. The van der Waals surface area contributed by atoms with Gasteiger partial charge in [0.15, 0.2) is 0 Å². The van der Waals surface area contributed by atoms with Crippen molar-refractivity contribution in [1.82, 2.24) is 4.90 Å². The third-order valence-corrected chi connectivity index (χ3v) is 6.31. The van der Waals surface area contributed by atoms with E-state index in [1.807, 2.05) is 43.0 Å². The molecule has 1 aromatic rings. The van der Waals surface area contributed by atoms with Crippen LogP contribution in [0, 0.1) is 24.7 Å². The van der Waals surface area contributed by atoms with Gasteiger partial charge >= 0.3 is 0 Å². The minimum Gasteiger partial charge on any atom is -0.387 e. The van der Waals surface area contributed by atoms with Gasteiger partial charge in [0.2, 0.25) is 5.91 Å². The van der Waals surface area contributed by atoms with Gasteiger partial charge in [-0.25, -0.2) is 0 Å². The normalized spacial score (nSPS) is 28.8. The van der Waals surface area contributed by atoms with Crippen LogP contribution in [-0.2, 0) is 4.79 Å². The zero-order valence-electron chi connectivity index (χ0n) is 15.9. The number of carbonyl (C=O) groups is 1. The Morgan fingerprint density at radius 2 is 1.81 bits per heavy atom. The van der Waals surface area contributed by atoms with Crippen LogP contribution in [0.4, 0.5) is 0 Å². The molecule has 2 bridgehead atoms. The van der Waals surface area contributed by atoms with Crippen molar-refractivity contribution < 1.29 is 9.90 Å². The van der Waals surface area contributed by atoms with E-state index in [0.717, 1.165) is 18.4 Å². The van der Waals surface area contributed by atoms with Gasteiger partial charge in [0.05, 0.1) is 12.6 Å². The maximum Gasteiger partial charge on any atom is 0.225 e. The minimum atomic E-state index is -0.630. The van der Waals surface area contributed by atoms with Gasteiger partial charge in [0.1, 0.15) is 0 Å². The number of benzene rings is 1. The van der Waals surface area contributed by atoms with E-state index >= 15 is 0 Å². The van der Waals surface area contributed by atoms with Crippen molar-refractivity contribution in [3.05, 3.63) is 35.4 Å². The van der Waals surface area contributed by atoms with Gasteiger partial charge in [-0.15, -0.1) is 12.4 Å². The Hall–Kier alpha value is -1.10. The summed E-state index contributed by atoms with van der Waals surface area (Å²) in [6.45, 7) is 5.04. The van der Waals surface area contributed by atoms with Crippen molar-refractivity contribution in [1.29, 1.82) is 0 Å². The summed E-state index contributed by atoms with van der Waals surface area (Å²) in [4.78, 5) is 14.9. The lowest BCUT2D eigenvalue weighted by molar-refractivity contribution is -0.139. The van der Waals surface area contributed by atoms with Crippen molar-refractivity contribution in [2.75, 3.05) is 13.1 Å². The highest BCUT2D eigenvalue weighted by Gasteiger charge is 2.41. The average molecular weight is 381 g/mol. The van der Waals surface area contributed by atoms with E-state index in [2.05, 4.69) is 0 Å². The molecule has 5 heteroatoms. The monoisotopic (exact) mass is 380 g/mol. The van der Waals surface area contributed by atoms with E-state index in [9.17, 15) is 9.90 Å². The van der Waals surface area contributed by atoms with Gasteiger partial charge in [-0.1, -0.05) is 36.2 Å². The summed E-state index contributed by atoms with van der Waals surface area (Å²) in [7, 11) is 0. The van der Waals surface area contributed by atoms with Crippen molar-refractivity contribution >= 4 is 18.3 Å². The maximum absolute atomic E-state index is 13.1. The Labute approximate surface area is 163 Å². The molecule has 26 heavy (non-hydrogen) atoms. The minimum absolute atomic E-state index is 0.